The maximum Gasteiger partial charge on any atom is 0.179 e. The fourth-order valence-electron chi connectivity index (χ4n) is 1.34. The van der Waals surface area contributed by atoms with Crippen molar-refractivity contribution in [2.24, 2.45) is 0 Å². The second-order valence-corrected chi connectivity index (χ2v) is 5.96. The zero-order valence-corrected chi connectivity index (χ0v) is 11.0. The molecule has 3 heteroatoms. The summed E-state index contributed by atoms with van der Waals surface area (Å²) in [6, 6.07) is 5.48. The molecule has 1 rings (SSSR count). The molecule has 0 heterocycles. The highest BCUT2D eigenvalue weighted by atomic mass is 79.9. The average molecular weight is 271 g/mol. The molecular weight excluding hydrogens is 256 g/mol. The second kappa shape index (κ2) is 4.35. The Labute approximate surface area is 98.8 Å². The SMILES string of the molecule is COc1ccc(C(=O)C(C)(C)Br)c(C)c1. The summed E-state index contributed by atoms with van der Waals surface area (Å²) >= 11 is 3.37. The molecule has 2 nitrogen and oxygen atoms in total. The normalized spacial score (nSPS) is 11.3. The van der Waals surface area contributed by atoms with Crippen molar-refractivity contribution >= 4 is 21.7 Å². The molecule has 0 aliphatic carbocycles. The molecule has 0 aromatic heterocycles. The van der Waals surface area contributed by atoms with Gasteiger partial charge in [0.15, 0.2) is 5.78 Å². The highest BCUT2D eigenvalue weighted by molar-refractivity contribution is 9.10. The number of rotatable bonds is 3. The molecule has 0 saturated heterocycles. The zero-order valence-electron chi connectivity index (χ0n) is 9.43. The first-order valence-corrected chi connectivity index (χ1v) is 5.54. The van der Waals surface area contributed by atoms with Gasteiger partial charge in [0, 0.05) is 5.56 Å². The van der Waals surface area contributed by atoms with Gasteiger partial charge in [-0.15, -0.1) is 0 Å². The van der Waals surface area contributed by atoms with Crippen LogP contribution in [0.1, 0.15) is 29.8 Å². The predicted octanol–water partition coefficient (Wildman–Crippen LogP) is 3.36. The van der Waals surface area contributed by atoms with Crippen molar-refractivity contribution in [2.45, 2.75) is 25.1 Å². The van der Waals surface area contributed by atoms with Gasteiger partial charge in [-0.2, -0.15) is 0 Å². The van der Waals surface area contributed by atoms with Crippen LogP contribution in [0.15, 0.2) is 18.2 Å². The molecular formula is C12H15BrO2. The van der Waals surface area contributed by atoms with Crippen molar-refractivity contribution in [3.63, 3.8) is 0 Å². The van der Waals surface area contributed by atoms with Crippen LogP contribution in [0.3, 0.4) is 0 Å². The standard InChI is InChI=1S/C12H15BrO2/c1-8-7-9(15-4)5-6-10(8)11(14)12(2,3)13/h5-7H,1-4H3. The molecule has 0 bridgehead atoms. The topological polar surface area (TPSA) is 26.3 Å². The Hall–Kier alpha value is -0.830. The summed E-state index contributed by atoms with van der Waals surface area (Å²) < 4.78 is 4.57. The summed E-state index contributed by atoms with van der Waals surface area (Å²) in [6.45, 7) is 5.60. The molecule has 0 aliphatic rings. The number of hydrogen-bond donors (Lipinski definition) is 0. The fraction of sp³-hybridized carbons (Fsp3) is 0.417. The van der Waals surface area contributed by atoms with Gasteiger partial charge in [0.1, 0.15) is 5.75 Å². The van der Waals surface area contributed by atoms with Crippen molar-refractivity contribution < 1.29 is 9.53 Å². The van der Waals surface area contributed by atoms with Gasteiger partial charge in [0.05, 0.1) is 11.4 Å². The van der Waals surface area contributed by atoms with Crippen molar-refractivity contribution in [3.05, 3.63) is 29.3 Å². The summed E-state index contributed by atoms with van der Waals surface area (Å²) in [5, 5.41) is 0. The molecule has 0 aliphatic heterocycles. The van der Waals surface area contributed by atoms with E-state index in [0.29, 0.717) is 0 Å². The highest BCUT2D eigenvalue weighted by Crippen LogP contribution is 2.25. The molecule has 0 N–H and O–H groups in total. The van der Waals surface area contributed by atoms with E-state index in [0.717, 1.165) is 16.9 Å². The zero-order chi connectivity index (χ0) is 11.6. The van der Waals surface area contributed by atoms with E-state index in [2.05, 4.69) is 15.9 Å². The number of carbonyl (C=O) groups excluding carboxylic acids is 1. The lowest BCUT2D eigenvalue weighted by atomic mass is 9.97. The summed E-state index contributed by atoms with van der Waals surface area (Å²) in [7, 11) is 1.62. The number of carbonyl (C=O) groups is 1. The fourth-order valence-corrected chi connectivity index (χ4v) is 1.55. The van der Waals surface area contributed by atoms with Crippen LogP contribution in [0, 0.1) is 6.92 Å². The van der Waals surface area contributed by atoms with E-state index in [9.17, 15) is 4.79 Å². The molecule has 0 spiro atoms. The van der Waals surface area contributed by atoms with Crippen LogP contribution in [0.5, 0.6) is 5.75 Å². The van der Waals surface area contributed by atoms with Crippen LogP contribution in [-0.4, -0.2) is 17.2 Å². The number of ether oxygens (including phenoxy) is 1. The third kappa shape index (κ3) is 2.81. The minimum atomic E-state index is -0.521. The number of halogens is 1. The van der Waals surface area contributed by atoms with Gasteiger partial charge in [-0.3, -0.25) is 4.79 Å². The van der Waals surface area contributed by atoms with E-state index < -0.39 is 4.32 Å². The van der Waals surface area contributed by atoms with Crippen molar-refractivity contribution in [2.75, 3.05) is 7.11 Å². The number of benzene rings is 1. The molecule has 15 heavy (non-hydrogen) atoms. The van der Waals surface area contributed by atoms with Gasteiger partial charge in [0.2, 0.25) is 0 Å². The maximum absolute atomic E-state index is 12.0. The Kier molecular flexibility index (Phi) is 3.55. The van der Waals surface area contributed by atoms with E-state index in [1.54, 1.807) is 19.2 Å². The minimum Gasteiger partial charge on any atom is -0.497 e. The Morgan fingerprint density at radius 2 is 2.00 bits per heavy atom. The Morgan fingerprint density at radius 1 is 1.40 bits per heavy atom. The Balaban J connectivity index is 3.12. The molecule has 0 amide bonds. The number of hydrogen-bond acceptors (Lipinski definition) is 2. The average Bonchev–Trinajstić information content (AvgIpc) is 2.15. The van der Waals surface area contributed by atoms with E-state index in [-0.39, 0.29) is 5.78 Å². The molecule has 0 unspecified atom stereocenters. The summed E-state index contributed by atoms with van der Waals surface area (Å²) in [5.41, 5.74) is 1.67. The summed E-state index contributed by atoms with van der Waals surface area (Å²) in [6.07, 6.45) is 0. The van der Waals surface area contributed by atoms with Crippen LogP contribution < -0.4 is 4.74 Å². The maximum atomic E-state index is 12.0. The van der Waals surface area contributed by atoms with E-state index in [1.165, 1.54) is 0 Å². The Bertz CT molecular complexity index is 378. The first kappa shape index (κ1) is 12.2. The van der Waals surface area contributed by atoms with Gasteiger partial charge in [-0.1, -0.05) is 15.9 Å². The number of Topliss-reactive ketones (excluding diaryl/α,β-unsaturated/α-hetero) is 1. The van der Waals surface area contributed by atoms with Crippen LogP contribution in [0.4, 0.5) is 0 Å². The first-order chi connectivity index (χ1) is 6.86. The molecule has 0 radical (unpaired) electrons. The minimum absolute atomic E-state index is 0.0858. The van der Waals surface area contributed by atoms with Crippen molar-refractivity contribution in [1.29, 1.82) is 0 Å². The highest BCUT2D eigenvalue weighted by Gasteiger charge is 2.26. The van der Waals surface area contributed by atoms with E-state index in [4.69, 9.17) is 4.74 Å². The lowest BCUT2D eigenvalue weighted by Crippen LogP contribution is -2.24. The molecule has 0 atom stereocenters. The number of aryl methyl sites for hydroxylation is 1. The smallest absolute Gasteiger partial charge is 0.179 e. The molecule has 82 valence electrons. The van der Waals surface area contributed by atoms with Gasteiger partial charge < -0.3 is 4.74 Å². The number of methoxy groups -OCH3 is 1. The van der Waals surface area contributed by atoms with Gasteiger partial charge in [0.25, 0.3) is 0 Å². The molecule has 1 aromatic carbocycles. The monoisotopic (exact) mass is 270 g/mol. The van der Waals surface area contributed by atoms with Crippen molar-refractivity contribution in [3.8, 4) is 5.75 Å². The van der Waals surface area contributed by atoms with Crippen LogP contribution in [0.25, 0.3) is 0 Å². The van der Waals surface area contributed by atoms with E-state index >= 15 is 0 Å². The Morgan fingerprint density at radius 3 is 2.40 bits per heavy atom. The molecule has 0 saturated carbocycles. The predicted molar refractivity (Wildman–Crippen MR) is 65.1 cm³/mol. The number of alkyl halides is 1. The summed E-state index contributed by atoms with van der Waals surface area (Å²) in [5.74, 6) is 0.860. The summed E-state index contributed by atoms with van der Waals surface area (Å²) in [4.78, 5) is 12.0. The van der Waals surface area contributed by atoms with E-state index in [1.807, 2.05) is 26.8 Å². The first-order valence-electron chi connectivity index (χ1n) is 4.74. The largest absolute Gasteiger partial charge is 0.497 e. The quantitative estimate of drug-likeness (QED) is 0.622. The lowest BCUT2D eigenvalue weighted by molar-refractivity contribution is 0.0960. The van der Waals surface area contributed by atoms with Crippen LogP contribution in [0.2, 0.25) is 0 Å². The van der Waals surface area contributed by atoms with Crippen molar-refractivity contribution in [1.82, 2.24) is 0 Å². The van der Waals surface area contributed by atoms with Crippen LogP contribution in [-0.2, 0) is 0 Å². The third-order valence-electron chi connectivity index (χ3n) is 2.22. The van der Waals surface area contributed by atoms with Crippen LogP contribution >= 0.6 is 15.9 Å². The van der Waals surface area contributed by atoms with Gasteiger partial charge >= 0.3 is 0 Å². The van der Waals surface area contributed by atoms with Gasteiger partial charge in [-0.25, -0.2) is 0 Å². The molecule has 0 fully saturated rings. The second-order valence-electron chi connectivity index (χ2n) is 3.98. The third-order valence-corrected chi connectivity index (χ3v) is 2.58. The van der Waals surface area contributed by atoms with Gasteiger partial charge in [-0.05, 0) is 44.5 Å². The number of ketones is 1. The molecule has 1 aromatic rings. The lowest BCUT2D eigenvalue weighted by Gasteiger charge is -2.16.